The molecule has 0 unspecified atom stereocenters. The van der Waals surface area contributed by atoms with E-state index >= 15 is 0 Å². The van der Waals surface area contributed by atoms with Gasteiger partial charge in [-0.1, -0.05) is 11.6 Å². The summed E-state index contributed by atoms with van der Waals surface area (Å²) in [5, 5.41) is 9.70. The fourth-order valence-corrected chi connectivity index (χ4v) is 1.63. The molecule has 1 rings (SSSR count). The van der Waals surface area contributed by atoms with E-state index in [2.05, 4.69) is 0 Å². The van der Waals surface area contributed by atoms with Crippen LogP contribution < -0.4 is 4.74 Å². The molecule has 1 N–H and O–H groups in total. The third-order valence-electron chi connectivity index (χ3n) is 2.49. The fraction of sp³-hybridized carbons (Fsp3) is 0.600. The Kier molecular flexibility index (Phi) is 5.17. The van der Waals surface area contributed by atoms with Crippen molar-refractivity contribution in [2.45, 2.75) is 46.3 Å². The van der Waals surface area contributed by atoms with Crippen molar-refractivity contribution in [3.8, 4) is 5.75 Å². The van der Waals surface area contributed by atoms with Gasteiger partial charge in [-0.05, 0) is 46.8 Å². The first-order valence-electron chi connectivity index (χ1n) is 6.35. The Morgan fingerprint density at radius 3 is 2.44 bits per heavy atom. The van der Waals surface area contributed by atoms with E-state index in [1.54, 1.807) is 6.92 Å². The van der Waals surface area contributed by atoms with Gasteiger partial charge in [-0.2, -0.15) is 0 Å². The third-order valence-corrected chi connectivity index (χ3v) is 2.49. The molecule has 0 bridgehead atoms. The molecule has 0 heterocycles. The summed E-state index contributed by atoms with van der Waals surface area (Å²) in [6.07, 6.45) is -0.525. The maximum Gasteiger partial charge on any atom is 0.125 e. The zero-order chi connectivity index (χ0) is 13.8. The predicted octanol–water partition coefficient (Wildman–Crippen LogP) is 3.24. The molecule has 0 radical (unpaired) electrons. The van der Waals surface area contributed by atoms with Crippen molar-refractivity contribution in [2.24, 2.45) is 0 Å². The molecule has 1 aromatic rings. The van der Waals surface area contributed by atoms with E-state index in [9.17, 15) is 5.11 Å². The first kappa shape index (κ1) is 15.0. The lowest BCUT2D eigenvalue weighted by Gasteiger charge is -2.20. The molecule has 0 saturated heterocycles. The molecular weight excluding hydrogens is 228 g/mol. The van der Waals surface area contributed by atoms with Gasteiger partial charge in [0.2, 0.25) is 0 Å². The highest BCUT2D eigenvalue weighted by Crippen LogP contribution is 2.26. The van der Waals surface area contributed by atoms with E-state index in [4.69, 9.17) is 9.47 Å². The standard InChI is InChI=1S/C15H24O3/c1-11-6-7-14(13(10-11)12(2)16)17-8-9-18-15(3,4)5/h6-7,10,12,16H,8-9H2,1-5H3/t12-/m0/s1. The van der Waals surface area contributed by atoms with E-state index in [1.165, 1.54) is 0 Å². The largest absolute Gasteiger partial charge is 0.491 e. The van der Waals surface area contributed by atoms with Crippen LogP contribution in [0, 0.1) is 6.92 Å². The van der Waals surface area contributed by atoms with Crippen LogP contribution >= 0.6 is 0 Å². The maximum absolute atomic E-state index is 9.70. The lowest BCUT2D eigenvalue weighted by molar-refractivity contribution is -0.0166. The number of aryl methyl sites for hydroxylation is 1. The van der Waals surface area contributed by atoms with Crippen molar-refractivity contribution >= 4 is 0 Å². The van der Waals surface area contributed by atoms with Crippen LogP contribution in [0.1, 0.15) is 44.9 Å². The highest BCUT2D eigenvalue weighted by molar-refractivity contribution is 5.38. The molecule has 0 spiro atoms. The first-order valence-corrected chi connectivity index (χ1v) is 6.35. The average Bonchev–Trinajstić information content (AvgIpc) is 2.24. The van der Waals surface area contributed by atoms with Crippen LogP contribution in [0.3, 0.4) is 0 Å². The van der Waals surface area contributed by atoms with Crippen molar-refractivity contribution in [1.29, 1.82) is 0 Å². The molecule has 3 nitrogen and oxygen atoms in total. The van der Waals surface area contributed by atoms with Crippen LogP contribution in [-0.4, -0.2) is 23.9 Å². The van der Waals surface area contributed by atoms with Gasteiger partial charge in [0.15, 0.2) is 0 Å². The van der Waals surface area contributed by atoms with Crippen LogP contribution in [0.5, 0.6) is 5.75 Å². The van der Waals surface area contributed by atoms with Crippen molar-refractivity contribution in [3.63, 3.8) is 0 Å². The van der Waals surface area contributed by atoms with Gasteiger partial charge in [-0.15, -0.1) is 0 Å². The van der Waals surface area contributed by atoms with Crippen LogP contribution in [-0.2, 0) is 4.74 Å². The first-order chi connectivity index (χ1) is 8.29. The summed E-state index contributed by atoms with van der Waals surface area (Å²) in [4.78, 5) is 0. The molecule has 3 heteroatoms. The molecule has 0 amide bonds. The van der Waals surface area contributed by atoms with Gasteiger partial charge in [0, 0.05) is 5.56 Å². The van der Waals surface area contributed by atoms with Gasteiger partial charge in [0.1, 0.15) is 12.4 Å². The van der Waals surface area contributed by atoms with Gasteiger partial charge < -0.3 is 14.6 Å². The quantitative estimate of drug-likeness (QED) is 0.818. The molecular formula is C15H24O3. The summed E-state index contributed by atoms with van der Waals surface area (Å²) in [6.45, 7) is 10.8. The SMILES string of the molecule is Cc1ccc(OCCOC(C)(C)C)c([C@H](C)O)c1. The van der Waals surface area contributed by atoms with E-state index < -0.39 is 6.10 Å². The lowest BCUT2D eigenvalue weighted by Crippen LogP contribution is -2.22. The maximum atomic E-state index is 9.70. The molecule has 1 aromatic carbocycles. The van der Waals surface area contributed by atoms with E-state index in [0.29, 0.717) is 13.2 Å². The molecule has 0 aromatic heterocycles. The second-order valence-electron chi connectivity index (χ2n) is 5.53. The van der Waals surface area contributed by atoms with Crippen LogP contribution in [0.4, 0.5) is 0 Å². The molecule has 0 aliphatic heterocycles. The highest BCUT2D eigenvalue weighted by atomic mass is 16.5. The summed E-state index contributed by atoms with van der Waals surface area (Å²) in [5.74, 6) is 0.730. The number of ether oxygens (including phenoxy) is 2. The minimum Gasteiger partial charge on any atom is -0.491 e. The van der Waals surface area contributed by atoms with Crippen molar-refractivity contribution < 1.29 is 14.6 Å². The van der Waals surface area contributed by atoms with Crippen LogP contribution in [0.15, 0.2) is 18.2 Å². The second kappa shape index (κ2) is 6.21. The predicted molar refractivity (Wildman–Crippen MR) is 73.0 cm³/mol. The number of hydrogen-bond donors (Lipinski definition) is 1. The Morgan fingerprint density at radius 1 is 1.22 bits per heavy atom. The van der Waals surface area contributed by atoms with Crippen molar-refractivity contribution in [2.75, 3.05) is 13.2 Å². The highest BCUT2D eigenvalue weighted by Gasteiger charge is 2.11. The van der Waals surface area contributed by atoms with Gasteiger partial charge in [-0.25, -0.2) is 0 Å². The summed E-state index contributed by atoms with van der Waals surface area (Å²) in [6, 6.07) is 5.82. The van der Waals surface area contributed by atoms with Crippen LogP contribution in [0.25, 0.3) is 0 Å². The normalized spacial score (nSPS) is 13.4. The number of hydrogen-bond acceptors (Lipinski definition) is 3. The van der Waals surface area contributed by atoms with E-state index in [-0.39, 0.29) is 5.60 Å². The van der Waals surface area contributed by atoms with E-state index in [0.717, 1.165) is 16.9 Å². The average molecular weight is 252 g/mol. The molecule has 0 fully saturated rings. The smallest absolute Gasteiger partial charge is 0.125 e. The van der Waals surface area contributed by atoms with Gasteiger partial charge in [0.25, 0.3) is 0 Å². The second-order valence-corrected chi connectivity index (χ2v) is 5.53. The summed E-state index contributed by atoms with van der Waals surface area (Å²) < 4.78 is 11.3. The molecule has 1 atom stereocenters. The third kappa shape index (κ3) is 5.07. The topological polar surface area (TPSA) is 38.7 Å². The monoisotopic (exact) mass is 252 g/mol. The number of benzene rings is 1. The minimum atomic E-state index is -0.525. The zero-order valence-corrected chi connectivity index (χ0v) is 12.0. The molecule has 0 saturated carbocycles. The molecule has 102 valence electrons. The minimum absolute atomic E-state index is 0.149. The Bertz CT molecular complexity index is 378. The molecule has 0 aliphatic rings. The molecule has 18 heavy (non-hydrogen) atoms. The van der Waals surface area contributed by atoms with Crippen LogP contribution in [0.2, 0.25) is 0 Å². The van der Waals surface area contributed by atoms with Gasteiger partial charge in [-0.3, -0.25) is 0 Å². The summed E-state index contributed by atoms with van der Waals surface area (Å²) in [5.41, 5.74) is 1.79. The Hall–Kier alpha value is -1.06. The number of rotatable bonds is 5. The summed E-state index contributed by atoms with van der Waals surface area (Å²) in [7, 11) is 0. The fourth-order valence-electron chi connectivity index (χ4n) is 1.63. The van der Waals surface area contributed by atoms with Gasteiger partial charge in [0.05, 0.1) is 18.3 Å². The van der Waals surface area contributed by atoms with E-state index in [1.807, 2.05) is 45.9 Å². The zero-order valence-electron chi connectivity index (χ0n) is 12.0. The molecule has 0 aliphatic carbocycles. The Labute approximate surface area is 110 Å². The van der Waals surface area contributed by atoms with Crippen molar-refractivity contribution in [1.82, 2.24) is 0 Å². The Balaban J connectivity index is 2.57. The van der Waals surface area contributed by atoms with Crippen molar-refractivity contribution in [3.05, 3.63) is 29.3 Å². The number of aliphatic hydroxyl groups is 1. The lowest BCUT2D eigenvalue weighted by atomic mass is 10.1. The Morgan fingerprint density at radius 2 is 1.89 bits per heavy atom. The summed E-state index contributed by atoms with van der Waals surface area (Å²) >= 11 is 0. The van der Waals surface area contributed by atoms with Gasteiger partial charge >= 0.3 is 0 Å². The number of aliphatic hydroxyl groups excluding tert-OH is 1.